The van der Waals surface area contributed by atoms with E-state index < -0.39 is 0 Å². The first-order valence-electron chi connectivity index (χ1n) is 9.90. The minimum Gasteiger partial charge on any atom is -0.421 e. The van der Waals surface area contributed by atoms with E-state index in [0.29, 0.717) is 49.0 Å². The zero-order valence-corrected chi connectivity index (χ0v) is 16.7. The highest BCUT2D eigenvalue weighted by Crippen LogP contribution is 2.19. The molecule has 0 atom stereocenters. The van der Waals surface area contributed by atoms with Gasteiger partial charge in [-0.05, 0) is 30.7 Å². The number of aromatic nitrogens is 4. The van der Waals surface area contributed by atoms with Crippen LogP contribution in [0, 0.1) is 11.3 Å². The van der Waals surface area contributed by atoms with Crippen LogP contribution in [-0.2, 0) is 17.8 Å². The Kier molecular flexibility index (Phi) is 6.14. The molecular formula is C23H20N6O2. The quantitative estimate of drug-likeness (QED) is 0.456. The number of carbonyl (C=O) groups excluding carboxylic acids is 1. The number of H-pyrrole nitrogens is 1. The maximum absolute atomic E-state index is 12.1. The summed E-state index contributed by atoms with van der Waals surface area (Å²) in [7, 11) is 0. The van der Waals surface area contributed by atoms with Crippen molar-refractivity contribution in [2.24, 2.45) is 0 Å². The molecule has 0 aliphatic rings. The maximum Gasteiger partial charge on any atom is 0.247 e. The molecule has 4 aromatic rings. The lowest BCUT2D eigenvalue weighted by Crippen LogP contribution is -2.23. The SMILES string of the molecule is N#Cc1cccc(-c2cnc(CNC(=O)CCCc3nnc(-c4ccccc4)o3)[nH]2)c1. The summed E-state index contributed by atoms with van der Waals surface area (Å²) < 4.78 is 5.65. The summed E-state index contributed by atoms with van der Waals surface area (Å²) in [5.74, 6) is 1.57. The van der Waals surface area contributed by atoms with E-state index in [4.69, 9.17) is 9.68 Å². The van der Waals surface area contributed by atoms with Crippen LogP contribution in [0.25, 0.3) is 22.7 Å². The second-order valence-electron chi connectivity index (χ2n) is 6.93. The number of nitrogens with zero attached hydrogens (tertiary/aromatic N) is 4. The van der Waals surface area contributed by atoms with Crippen molar-refractivity contribution in [1.29, 1.82) is 5.26 Å². The largest absolute Gasteiger partial charge is 0.421 e. The van der Waals surface area contributed by atoms with Crippen LogP contribution < -0.4 is 5.32 Å². The molecule has 31 heavy (non-hydrogen) atoms. The number of hydrogen-bond donors (Lipinski definition) is 2. The molecular weight excluding hydrogens is 392 g/mol. The molecule has 8 heteroatoms. The van der Waals surface area contributed by atoms with Crippen LogP contribution in [0.4, 0.5) is 0 Å². The summed E-state index contributed by atoms with van der Waals surface area (Å²) in [4.78, 5) is 19.6. The summed E-state index contributed by atoms with van der Waals surface area (Å²) in [6.07, 6.45) is 3.18. The number of aryl methyl sites for hydroxylation is 1. The van der Waals surface area contributed by atoms with E-state index in [1.165, 1.54) is 0 Å². The van der Waals surface area contributed by atoms with E-state index >= 15 is 0 Å². The average molecular weight is 412 g/mol. The third-order valence-electron chi connectivity index (χ3n) is 4.67. The van der Waals surface area contributed by atoms with Crippen LogP contribution in [0.2, 0.25) is 0 Å². The first kappa shape index (κ1) is 20.0. The first-order chi connectivity index (χ1) is 15.2. The molecule has 0 fully saturated rings. The van der Waals surface area contributed by atoms with Gasteiger partial charge in [0.1, 0.15) is 5.82 Å². The Morgan fingerprint density at radius 2 is 1.94 bits per heavy atom. The molecule has 2 N–H and O–H groups in total. The van der Waals surface area contributed by atoms with E-state index in [1.807, 2.05) is 42.5 Å². The van der Waals surface area contributed by atoms with Crippen molar-refractivity contribution >= 4 is 5.91 Å². The molecule has 0 spiro atoms. The van der Waals surface area contributed by atoms with Gasteiger partial charge in [-0.1, -0.05) is 30.3 Å². The van der Waals surface area contributed by atoms with Crippen LogP contribution in [0.1, 0.15) is 30.1 Å². The molecule has 2 heterocycles. The van der Waals surface area contributed by atoms with Gasteiger partial charge in [-0.2, -0.15) is 5.26 Å². The number of nitriles is 1. The van der Waals surface area contributed by atoms with Gasteiger partial charge in [-0.3, -0.25) is 4.79 Å². The number of carbonyl (C=O) groups is 1. The van der Waals surface area contributed by atoms with Crippen LogP contribution in [0.3, 0.4) is 0 Å². The lowest BCUT2D eigenvalue weighted by atomic mass is 10.1. The normalized spacial score (nSPS) is 10.5. The molecule has 1 amide bonds. The summed E-state index contributed by atoms with van der Waals surface area (Å²) in [5.41, 5.74) is 3.13. The Labute approximate surface area is 179 Å². The molecule has 154 valence electrons. The first-order valence-corrected chi connectivity index (χ1v) is 9.90. The third kappa shape index (κ3) is 5.22. The molecule has 4 rings (SSSR count). The van der Waals surface area contributed by atoms with Gasteiger partial charge >= 0.3 is 0 Å². The number of amides is 1. The molecule has 0 radical (unpaired) electrons. The lowest BCUT2D eigenvalue weighted by molar-refractivity contribution is -0.121. The van der Waals surface area contributed by atoms with E-state index in [-0.39, 0.29) is 5.91 Å². The molecule has 0 saturated heterocycles. The highest BCUT2D eigenvalue weighted by Gasteiger charge is 2.10. The summed E-state index contributed by atoms with van der Waals surface area (Å²) >= 11 is 0. The van der Waals surface area contributed by atoms with Crippen LogP contribution in [0.5, 0.6) is 0 Å². The Morgan fingerprint density at radius 1 is 1.10 bits per heavy atom. The fraction of sp³-hybridized carbons (Fsp3) is 0.174. The van der Waals surface area contributed by atoms with Crippen LogP contribution in [-0.4, -0.2) is 26.1 Å². The molecule has 0 saturated carbocycles. The van der Waals surface area contributed by atoms with Crippen molar-refractivity contribution < 1.29 is 9.21 Å². The Morgan fingerprint density at radius 3 is 2.77 bits per heavy atom. The molecule has 2 aromatic heterocycles. The predicted molar refractivity (Wildman–Crippen MR) is 113 cm³/mol. The highest BCUT2D eigenvalue weighted by atomic mass is 16.4. The van der Waals surface area contributed by atoms with Gasteiger partial charge in [0.2, 0.25) is 17.7 Å². The second-order valence-corrected chi connectivity index (χ2v) is 6.93. The number of rotatable bonds is 8. The van der Waals surface area contributed by atoms with Gasteiger partial charge in [-0.15, -0.1) is 10.2 Å². The van der Waals surface area contributed by atoms with Gasteiger partial charge < -0.3 is 14.7 Å². The lowest BCUT2D eigenvalue weighted by Gasteiger charge is -2.02. The second kappa shape index (κ2) is 9.50. The van der Waals surface area contributed by atoms with Crippen molar-refractivity contribution in [2.75, 3.05) is 0 Å². The molecule has 0 bridgehead atoms. The standard InChI is InChI=1S/C23H20N6O2/c24-13-16-6-4-9-18(12-16)19-14-25-20(27-19)15-26-21(30)10-5-11-22-28-29-23(31-22)17-7-2-1-3-8-17/h1-4,6-9,12,14H,5,10-11,15H2,(H,25,27)(H,26,30). The average Bonchev–Trinajstić information content (AvgIpc) is 3.48. The third-order valence-corrected chi connectivity index (χ3v) is 4.67. The van der Waals surface area contributed by atoms with Crippen LogP contribution in [0.15, 0.2) is 65.2 Å². The predicted octanol–water partition coefficient (Wildman–Crippen LogP) is 3.64. The van der Waals surface area contributed by atoms with E-state index in [0.717, 1.165) is 16.8 Å². The van der Waals surface area contributed by atoms with Crippen LogP contribution >= 0.6 is 0 Å². The van der Waals surface area contributed by atoms with E-state index in [9.17, 15) is 4.79 Å². The fourth-order valence-electron chi connectivity index (χ4n) is 3.08. The maximum atomic E-state index is 12.1. The van der Waals surface area contributed by atoms with E-state index in [1.54, 1.807) is 18.3 Å². The van der Waals surface area contributed by atoms with Crippen molar-refractivity contribution in [2.45, 2.75) is 25.8 Å². The molecule has 2 aromatic carbocycles. The highest BCUT2D eigenvalue weighted by molar-refractivity contribution is 5.75. The Balaban J connectivity index is 1.23. The smallest absolute Gasteiger partial charge is 0.247 e. The summed E-state index contributed by atoms with van der Waals surface area (Å²) in [5, 5.41) is 20.0. The topological polar surface area (TPSA) is 120 Å². The fourth-order valence-corrected chi connectivity index (χ4v) is 3.08. The molecule has 0 aliphatic heterocycles. The van der Waals surface area contributed by atoms with Crippen molar-refractivity contribution in [1.82, 2.24) is 25.5 Å². The number of aromatic amines is 1. The van der Waals surface area contributed by atoms with Gasteiger partial charge in [0, 0.05) is 24.0 Å². The monoisotopic (exact) mass is 412 g/mol. The number of benzene rings is 2. The zero-order valence-electron chi connectivity index (χ0n) is 16.7. The Hall–Kier alpha value is -4.25. The minimum atomic E-state index is -0.0766. The van der Waals surface area contributed by atoms with Crippen molar-refractivity contribution in [3.63, 3.8) is 0 Å². The number of hydrogen-bond acceptors (Lipinski definition) is 6. The van der Waals surface area contributed by atoms with E-state index in [2.05, 4.69) is 31.6 Å². The van der Waals surface area contributed by atoms with Gasteiger partial charge in [0.05, 0.1) is 30.1 Å². The van der Waals surface area contributed by atoms with Crippen molar-refractivity contribution in [3.05, 3.63) is 78.1 Å². The molecule has 0 unspecified atom stereocenters. The number of imidazole rings is 1. The zero-order chi connectivity index (χ0) is 21.5. The van der Waals surface area contributed by atoms with Gasteiger partial charge in [-0.25, -0.2) is 4.98 Å². The molecule has 0 aliphatic carbocycles. The minimum absolute atomic E-state index is 0.0766. The summed E-state index contributed by atoms with van der Waals surface area (Å²) in [6, 6.07) is 18.9. The van der Waals surface area contributed by atoms with Gasteiger partial charge in [0.25, 0.3) is 0 Å². The Bertz CT molecular complexity index is 1210. The summed E-state index contributed by atoms with van der Waals surface area (Å²) in [6.45, 7) is 0.301. The molecule has 8 nitrogen and oxygen atoms in total. The van der Waals surface area contributed by atoms with Crippen molar-refractivity contribution in [3.8, 4) is 28.8 Å². The van der Waals surface area contributed by atoms with Gasteiger partial charge in [0.15, 0.2) is 0 Å². The number of nitrogens with one attached hydrogen (secondary N) is 2.